The summed E-state index contributed by atoms with van der Waals surface area (Å²) in [6.45, 7) is 6.82. The van der Waals surface area contributed by atoms with E-state index in [1.165, 1.54) is 0 Å². The van der Waals surface area contributed by atoms with E-state index in [0.29, 0.717) is 55.7 Å². The Labute approximate surface area is 219 Å². The van der Waals surface area contributed by atoms with E-state index in [1.54, 1.807) is 12.1 Å². The minimum atomic E-state index is -0.761. The first-order chi connectivity index (χ1) is 17.9. The Balaban J connectivity index is 1.26. The van der Waals surface area contributed by atoms with Crippen molar-refractivity contribution in [2.24, 2.45) is 5.92 Å². The van der Waals surface area contributed by atoms with Gasteiger partial charge in [-0.3, -0.25) is 9.59 Å². The van der Waals surface area contributed by atoms with Gasteiger partial charge in [-0.25, -0.2) is 0 Å². The third-order valence-corrected chi connectivity index (χ3v) is 7.02. The normalized spacial score (nSPS) is 16.6. The molecule has 0 radical (unpaired) electrons. The summed E-state index contributed by atoms with van der Waals surface area (Å²) in [6, 6.07) is 12.7. The molecular weight excluding hydrogens is 470 g/mol. The summed E-state index contributed by atoms with van der Waals surface area (Å²) in [6.07, 6.45) is 4.11. The van der Waals surface area contributed by atoms with Crippen molar-refractivity contribution in [3.63, 3.8) is 0 Å². The van der Waals surface area contributed by atoms with E-state index < -0.39 is 6.10 Å². The largest absolute Gasteiger partial charge is 0.491 e. The third kappa shape index (κ3) is 7.79. The number of hydrogen-bond donors (Lipinski definition) is 1. The number of hydrogen-bond acceptors (Lipinski definition) is 7. The van der Waals surface area contributed by atoms with Crippen LogP contribution in [0.15, 0.2) is 42.5 Å². The van der Waals surface area contributed by atoms with E-state index in [2.05, 4.69) is 4.90 Å². The average molecular weight is 510 g/mol. The molecule has 0 bridgehead atoms. The summed E-state index contributed by atoms with van der Waals surface area (Å²) in [5, 5.41) is 11.2. The van der Waals surface area contributed by atoms with Gasteiger partial charge in [-0.2, -0.15) is 0 Å². The number of carbonyl (C=O) groups is 2. The highest BCUT2D eigenvalue weighted by Crippen LogP contribution is 2.37. The van der Waals surface area contributed by atoms with Gasteiger partial charge in [0.1, 0.15) is 11.5 Å². The smallest absolute Gasteiger partial charge is 0.231 e. The van der Waals surface area contributed by atoms with E-state index in [4.69, 9.17) is 14.2 Å². The Morgan fingerprint density at radius 3 is 2.41 bits per heavy atom. The fourth-order valence-corrected chi connectivity index (χ4v) is 5.08. The number of Topliss-reactive ketones (excluding diaryl/α,β-unsaturated/α-hetero) is 2. The van der Waals surface area contributed by atoms with Crippen LogP contribution in [0.5, 0.6) is 17.2 Å². The Kier molecular flexibility index (Phi) is 9.58. The number of benzene rings is 2. The highest BCUT2D eigenvalue weighted by molar-refractivity contribution is 5.96. The van der Waals surface area contributed by atoms with Gasteiger partial charge in [0.05, 0.1) is 12.2 Å². The predicted octanol–water partition coefficient (Wildman–Crippen LogP) is 5.35. The number of ether oxygens (including phenoxy) is 3. The van der Waals surface area contributed by atoms with Crippen LogP contribution in [0.4, 0.5) is 0 Å². The molecule has 7 heteroatoms. The van der Waals surface area contributed by atoms with Gasteiger partial charge in [0.15, 0.2) is 17.3 Å². The lowest BCUT2D eigenvalue weighted by molar-refractivity contribution is -0.121. The molecule has 1 saturated heterocycles. The summed E-state index contributed by atoms with van der Waals surface area (Å²) in [5.41, 5.74) is 1.41. The topological polar surface area (TPSA) is 85.3 Å². The second-order valence-electron chi connectivity index (χ2n) is 10.4. The van der Waals surface area contributed by atoms with Crippen LogP contribution >= 0.6 is 0 Å². The van der Waals surface area contributed by atoms with Crippen molar-refractivity contribution in [2.75, 3.05) is 26.4 Å². The first kappa shape index (κ1) is 27.1. The molecule has 2 aliphatic heterocycles. The fourth-order valence-electron chi connectivity index (χ4n) is 5.08. The SMILES string of the molecule is CC(C)Oc1ccc(C(=O)CCCCC(=O)C[C@H](CN2CCCC2)[C@H](O)c2ccc3c(c2)OCO3)cc1. The number of nitrogens with zero attached hydrogens (tertiary/aromatic N) is 1. The summed E-state index contributed by atoms with van der Waals surface area (Å²) >= 11 is 0. The van der Waals surface area contributed by atoms with Gasteiger partial charge in [0, 0.05) is 37.3 Å². The van der Waals surface area contributed by atoms with Crippen LogP contribution in [0, 0.1) is 5.92 Å². The first-order valence-corrected chi connectivity index (χ1v) is 13.5. The maximum absolute atomic E-state index is 12.9. The molecule has 0 amide bonds. The molecule has 2 aliphatic rings. The zero-order chi connectivity index (χ0) is 26.2. The molecule has 2 heterocycles. The number of ketones is 2. The number of aliphatic hydroxyl groups is 1. The molecule has 2 aromatic rings. The van der Waals surface area contributed by atoms with Gasteiger partial charge in [-0.05, 0) is 94.6 Å². The molecule has 1 fully saturated rings. The molecule has 1 N–H and O–H groups in total. The zero-order valence-corrected chi connectivity index (χ0v) is 22.0. The van der Waals surface area contributed by atoms with Crippen LogP contribution in [0.25, 0.3) is 0 Å². The summed E-state index contributed by atoms with van der Waals surface area (Å²) < 4.78 is 16.5. The zero-order valence-electron chi connectivity index (χ0n) is 22.0. The van der Waals surface area contributed by atoms with E-state index >= 15 is 0 Å². The number of carbonyl (C=O) groups excluding carboxylic acids is 2. The quantitative estimate of drug-likeness (QED) is 0.271. The number of unbranched alkanes of at least 4 members (excludes halogenated alkanes) is 1. The average Bonchev–Trinajstić information content (AvgIpc) is 3.57. The van der Waals surface area contributed by atoms with Crippen LogP contribution in [0.2, 0.25) is 0 Å². The van der Waals surface area contributed by atoms with Crippen molar-refractivity contribution in [1.82, 2.24) is 4.90 Å². The van der Waals surface area contributed by atoms with E-state index in [1.807, 2.05) is 44.2 Å². The van der Waals surface area contributed by atoms with Gasteiger partial charge in [0.2, 0.25) is 6.79 Å². The monoisotopic (exact) mass is 509 g/mol. The van der Waals surface area contributed by atoms with Gasteiger partial charge in [-0.1, -0.05) is 6.07 Å². The van der Waals surface area contributed by atoms with Crippen molar-refractivity contribution in [2.45, 2.75) is 71.0 Å². The predicted molar refractivity (Wildman–Crippen MR) is 141 cm³/mol. The molecule has 2 atom stereocenters. The lowest BCUT2D eigenvalue weighted by Crippen LogP contribution is -2.31. The van der Waals surface area contributed by atoms with E-state index in [-0.39, 0.29) is 30.4 Å². The second-order valence-corrected chi connectivity index (χ2v) is 10.4. The molecule has 4 rings (SSSR count). The molecule has 0 aliphatic carbocycles. The Morgan fingerprint density at radius 1 is 0.973 bits per heavy atom. The maximum Gasteiger partial charge on any atom is 0.231 e. The number of fused-ring (bicyclic) bond motifs is 1. The molecule has 0 saturated carbocycles. The highest BCUT2D eigenvalue weighted by Gasteiger charge is 2.28. The lowest BCUT2D eigenvalue weighted by atomic mass is 9.89. The number of likely N-dealkylation sites (tertiary alicyclic amines) is 1. The Hall–Kier alpha value is -2.90. The maximum atomic E-state index is 12.9. The number of aliphatic hydroxyl groups excluding tert-OH is 1. The van der Waals surface area contributed by atoms with Gasteiger partial charge in [-0.15, -0.1) is 0 Å². The molecular formula is C30H39NO6. The van der Waals surface area contributed by atoms with Crippen LogP contribution < -0.4 is 14.2 Å². The fraction of sp³-hybridized carbons (Fsp3) is 0.533. The minimum absolute atomic E-state index is 0.0775. The summed E-state index contributed by atoms with van der Waals surface area (Å²) in [4.78, 5) is 27.8. The van der Waals surface area contributed by atoms with Crippen LogP contribution in [-0.2, 0) is 4.79 Å². The van der Waals surface area contributed by atoms with E-state index in [0.717, 1.165) is 37.2 Å². The molecule has 0 aromatic heterocycles. The van der Waals surface area contributed by atoms with Gasteiger partial charge < -0.3 is 24.2 Å². The molecule has 0 spiro atoms. The van der Waals surface area contributed by atoms with Crippen molar-refractivity contribution < 1.29 is 28.9 Å². The molecule has 200 valence electrons. The first-order valence-electron chi connectivity index (χ1n) is 13.5. The van der Waals surface area contributed by atoms with Gasteiger partial charge >= 0.3 is 0 Å². The Morgan fingerprint density at radius 2 is 1.68 bits per heavy atom. The van der Waals surface area contributed by atoms with Crippen molar-refractivity contribution in [1.29, 1.82) is 0 Å². The third-order valence-electron chi connectivity index (χ3n) is 7.02. The lowest BCUT2D eigenvalue weighted by Gasteiger charge is -2.27. The molecule has 37 heavy (non-hydrogen) atoms. The number of rotatable bonds is 14. The van der Waals surface area contributed by atoms with E-state index in [9.17, 15) is 14.7 Å². The standard InChI is InChI=1S/C30H39NO6/c1-21(2)37-26-12-9-22(10-13-26)27(33)8-4-3-7-25(32)17-24(19-31-15-5-6-16-31)30(34)23-11-14-28-29(18-23)36-20-35-28/h9-14,18,21,24,30,34H,3-8,15-17,19-20H2,1-2H3/t24-,30-/m1/s1. The molecule has 7 nitrogen and oxygen atoms in total. The highest BCUT2D eigenvalue weighted by atomic mass is 16.7. The molecule has 0 unspecified atom stereocenters. The van der Waals surface area contributed by atoms with Crippen molar-refractivity contribution in [3.05, 3.63) is 53.6 Å². The van der Waals surface area contributed by atoms with Crippen LogP contribution in [0.1, 0.15) is 80.8 Å². The Bertz CT molecular complexity index is 1040. The summed E-state index contributed by atoms with van der Waals surface area (Å²) in [5.74, 6) is 2.08. The van der Waals surface area contributed by atoms with Crippen molar-refractivity contribution >= 4 is 11.6 Å². The van der Waals surface area contributed by atoms with Crippen molar-refractivity contribution in [3.8, 4) is 17.2 Å². The summed E-state index contributed by atoms with van der Waals surface area (Å²) in [7, 11) is 0. The van der Waals surface area contributed by atoms with Crippen LogP contribution in [0.3, 0.4) is 0 Å². The van der Waals surface area contributed by atoms with Crippen LogP contribution in [-0.4, -0.2) is 54.1 Å². The molecule has 2 aromatic carbocycles. The second kappa shape index (κ2) is 13.1. The van der Waals surface area contributed by atoms with Gasteiger partial charge in [0.25, 0.3) is 0 Å². The minimum Gasteiger partial charge on any atom is -0.491 e.